The zero-order valence-electron chi connectivity index (χ0n) is 9.29. The van der Waals surface area contributed by atoms with E-state index in [1.807, 2.05) is 19.9 Å². The summed E-state index contributed by atoms with van der Waals surface area (Å²) >= 11 is 0. The maximum Gasteiger partial charge on any atom is 0.123 e. The fraction of sp³-hybridized carbons (Fsp3) is 0.250. The van der Waals surface area contributed by atoms with Crippen LogP contribution in [0.1, 0.15) is 25.5 Å². The summed E-state index contributed by atoms with van der Waals surface area (Å²) in [6.07, 6.45) is 0. The summed E-state index contributed by atoms with van der Waals surface area (Å²) < 4.78 is 13.1. The fourth-order valence-corrected chi connectivity index (χ4v) is 1.72. The second-order valence-corrected chi connectivity index (χ2v) is 4.06. The molecule has 0 aliphatic heterocycles. The normalized spacial score (nSPS) is 11.1. The number of nitrogens with two attached hydrogens (primary N) is 1. The number of hydrazine groups is 1. The first-order valence-corrected chi connectivity index (χ1v) is 5.18. The smallest absolute Gasteiger partial charge is 0.123 e. The summed E-state index contributed by atoms with van der Waals surface area (Å²) in [6, 6.07) is 6.36. The third-order valence-corrected chi connectivity index (χ3v) is 2.51. The average molecular weight is 219 g/mol. The van der Waals surface area contributed by atoms with Crippen molar-refractivity contribution in [2.24, 2.45) is 5.84 Å². The van der Waals surface area contributed by atoms with E-state index >= 15 is 0 Å². The van der Waals surface area contributed by atoms with Crippen LogP contribution in [0.25, 0.3) is 10.9 Å². The van der Waals surface area contributed by atoms with Gasteiger partial charge in [0, 0.05) is 5.39 Å². The van der Waals surface area contributed by atoms with Crippen LogP contribution >= 0.6 is 0 Å². The molecule has 1 heterocycles. The van der Waals surface area contributed by atoms with Crippen LogP contribution in [0.5, 0.6) is 0 Å². The number of aromatic nitrogens is 1. The summed E-state index contributed by atoms with van der Waals surface area (Å²) in [4.78, 5) is 4.48. The first-order valence-electron chi connectivity index (χ1n) is 5.18. The standard InChI is InChI=1S/C12H14FN3/c1-7(2)12-11(16-14)6-8-5-9(13)3-4-10(8)15-12/h3-7,16H,14H2,1-2H3. The fourth-order valence-electron chi connectivity index (χ4n) is 1.72. The Kier molecular flexibility index (Phi) is 2.75. The van der Waals surface area contributed by atoms with Crippen molar-refractivity contribution in [1.82, 2.24) is 4.98 Å². The largest absolute Gasteiger partial charge is 0.322 e. The highest BCUT2D eigenvalue weighted by Gasteiger charge is 2.09. The van der Waals surface area contributed by atoms with E-state index in [0.717, 1.165) is 22.3 Å². The number of nitrogen functional groups attached to an aromatic ring is 1. The molecule has 0 saturated heterocycles. The Labute approximate surface area is 93.5 Å². The molecule has 0 atom stereocenters. The number of anilines is 1. The van der Waals surface area contributed by atoms with Gasteiger partial charge in [-0.2, -0.15) is 0 Å². The van der Waals surface area contributed by atoms with Crippen molar-refractivity contribution in [2.75, 3.05) is 5.43 Å². The third kappa shape index (κ3) is 1.84. The number of pyridine rings is 1. The molecule has 16 heavy (non-hydrogen) atoms. The van der Waals surface area contributed by atoms with Gasteiger partial charge in [-0.1, -0.05) is 13.8 Å². The lowest BCUT2D eigenvalue weighted by Crippen LogP contribution is -2.11. The van der Waals surface area contributed by atoms with Crippen molar-refractivity contribution >= 4 is 16.6 Å². The van der Waals surface area contributed by atoms with Crippen molar-refractivity contribution in [2.45, 2.75) is 19.8 Å². The van der Waals surface area contributed by atoms with Gasteiger partial charge in [0.15, 0.2) is 0 Å². The van der Waals surface area contributed by atoms with Crippen molar-refractivity contribution < 1.29 is 4.39 Å². The Hall–Kier alpha value is -1.68. The lowest BCUT2D eigenvalue weighted by molar-refractivity contribution is 0.629. The maximum atomic E-state index is 13.1. The number of halogens is 1. The Balaban J connectivity index is 2.70. The Morgan fingerprint density at radius 3 is 2.69 bits per heavy atom. The van der Waals surface area contributed by atoms with Gasteiger partial charge in [-0.15, -0.1) is 0 Å². The number of nitrogens with zero attached hydrogens (tertiary/aromatic N) is 1. The molecule has 0 fully saturated rings. The van der Waals surface area contributed by atoms with Crippen LogP contribution in [0.2, 0.25) is 0 Å². The number of hydrogen-bond donors (Lipinski definition) is 2. The molecule has 3 nitrogen and oxygen atoms in total. The van der Waals surface area contributed by atoms with E-state index in [9.17, 15) is 4.39 Å². The minimum Gasteiger partial charge on any atom is -0.322 e. The van der Waals surface area contributed by atoms with Gasteiger partial charge < -0.3 is 5.43 Å². The average Bonchev–Trinajstić information content (AvgIpc) is 2.26. The number of hydrogen-bond acceptors (Lipinski definition) is 3. The van der Waals surface area contributed by atoms with Crippen LogP contribution in [0.4, 0.5) is 10.1 Å². The van der Waals surface area contributed by atoms with Crippen LogP contribution in [0.15, 0.2) is 24.3 Å². The summed E-state index contributed by atoms with van der Waals surface area (Å²) in [6.45, 7) is 4.08. The summed E-state index contributed by atoms with van der Waals surface area (Å²) in [5.74, 6) is 5.43. The molecule has 0 amide bonds. The van der Waals surface area contributed by atoms with Gasteiger partial charge in [0.1, 0.15) is 5.82 Å². The van der Waals surface area contributed by atoms with E-state index < -0.39 is 0 Å². The van der Waals surface area contributed by atoms with Crippen LogP contribution in [0, 0.1) is 5.82 Å². The van der Waals surface area contributed by atoms with Gasteiger partial charge in [0.05, 0.1) is 16.9 Å². The molecular weight excluding hydrogens is 205 g/mol. The number of benzene rings is 1. The molecule has 0 aliphatic rings. The molecule has 2 rings (SSSR count). The number of fused-ring (bicyclic) bond motifs is 1. The van der Waals surface area contributed by atoms with E-state index in [0.29, 0.717) is 0 Å². The molecule has 0 spiro atoms. The predicted octanol–water partition coefficient (Wildman–Crippen LogP) is 2.78. The maximum absolute atomic E-state index is 13.1. The van der Waals surface area contributed by atoms with Crippen LogP contribution < -0.4 is 11.3 Å². The Morgan fingerprint density at radius 2 is 2.06 bits per heavy atom. The zero-order chi connectivity index (χ0) is 11.7. The molecule has 84 valence electrons. The Bertz CT molecular complexity index is 523. The quantitative estimate of drug-likeness (QED) is 0.603. The van der Waals surface area contributed by atoms with Crippen LogP contribution in [-0.2, 0) is 0 Å². The first kappa shape index (κ1) is 10.8. The molecule has 1 aromatic carbocycles. The summed E-state index contributed by atoms with van der Waals surface area (Å²) in [5.41, 5.74) is 5.02. The second-order valence-electron chi connectivity index (χ2n) is 4.06. The van der Waals surface area contributed by atoms with Crippen molar-refractivity contribution in [1.29, 1.82) is 0 Å². The van der Waals surface area contributed by atoms with Crippen molar-refractivity contribution in [3.05, 3.63) is 35.8 Å². The van der Waals surface area contributed by atoms with Gasteiger partial charge >= 0.3 is 0 Å². The van der Waals surface area contributed by atoms with E-state index in [4.69, 9.17) is 5.84 Å². The molecule has 0 bridgehead atoms. The van der Waals surface area contributed by atoms with Gasteiger partial charge in [-0.3, -0.25) is 10.8 Å². The van der Waals surface area contributed by atoms with Gasteiger partial charge in [-0.05, 0) is 30.2 Å². The monoisotopic (exact) mass is 219 g/mol. The minimum atomic E-state index is -0.269. The lowest BCUT2D eigenvalue weighted by Gasteiger charge is -2.12. The van der Waals surface area contributed by atoms with Gasteiger partial charge in [-0.25, -0.2) is 4.39 Å². The zero-order valence-corrected chi connectivity index (χ0v) is 9.29. The van der Waals surface area contributed by atoms with Crippen molar-refractivity contribution in [3.63, 3.8) is 0 Å². The molecule has 3 N–H and O–H groups in total. The van der Waals surface area contributed by atoms with Gasteiger partial charge in [0.25, 0.3) is 0 Å². The molecule has 0 unspecified atom stereocenters. The highest BCUT2D eigenvalue weighted by molar-refractivity contribution is 5.82. The van der Waals surface area contributed by atoms with Crippen LogP contribution in [-0.4, -0.2) is 4.98 Å². The van der Waals surface area contributed by atoms with E-state index in [2.05, 4.69) is 10.4 Å². The molecule has 2 aromatic rings. The number of nitrogens with one attached hydrogen (secondary N) is 1. The van der Waals surface area contributed by atoms with Crippen LogP contribution in [0.3, 0.4) is 0 Å². The summed E-state index contributed by atoms with van der Waals surface area (Å²) in [5, 5.41) is 0.748. The molecule has 0 saturated carbocycles. The molecule has 4 heteroatoms. The van der Waals surface area contributed by atoms with E-state index in [1.54, 1.807) is 6.07 Å². The lowest BCUT2D eigenvalue weighted by atomic mass is 10.1. The van der Waals surface area contributed by atoms with Crippen molar-refractivity contribution in [3.8, 4) is 0 Å². The van der Waals surface area contributed by atoms with Gasteiger partial charge in [0.2, 0.25) is 0 Å². The molecular formula is C12H14FN3. The number of rotatable bonds is 2. The molecule has 0 radical (unpaired) electrons. The highest BCUT2D eigenvalue weighted by Crippen LogP contribution is 2.26. The predicted molar refractivity (Wildman–Crippen MR) is 63.6 cm³/mol. The molecule has 1 aromatic heterocycles. The molecule has 0 aliphatic carbocycles. The highest BCUT2D eigenvalue weighted by atomic mass is 19.1. The topological polar surface area (TPSA) is 50.9 Å². The van der Waals surface area contributed by atoms with E-state index in [-0.39, 0.29) is 11.7 Å². The third-order valence-electron chi connectivity index (χ3n) is 2.51. The summed E-state index contributed by atoms with van der Waals surface area (Å²) in [7, 11) is 0. The minimum absolute atomic E-state index is 0.264. The Morgan fingerprint density at radius 1 is 1.31 bits per heavy atom. The second kappa shape index (κ2) is 4.06. The first-order chi connectivity index (χ1) is 7.61. The van der Waals surface area contributed by atoms with E-state index in [1.165, 1.54) is 12.1 Å². The SMILES string of the molecule is CC(C)c1nc2ccc(F)cc2cc1NN.